The molecule has 110 valence electrons. The molecule has 6 nitrogen and oxygen atoms in total. The van der Waals surface area contributed by atoms with Gasteiger partial charge in [0.15, 0.2) is 0 Å². The number of benzene rings is 1. The first-order valence-electron chi connectivity index (χ1n) is 6.40. The van der Waals surface area contributed by atoms with Gasteiger partial charge in [0.05, 0.1) is 11.1 Å². The van der Waals surface area contributed by atoms with Gasteiger partial charge in [-0.25, -0.2) is 13.6 Å². The van der Waals surface area contributed by atoms with E-state index in [4.69, 9.17) is 5.14 Å². The van der Waals surface area contributed by atoms with E-state index in [0.29, 0.717) is 31.6 Å². The summed E-state index contributed by atoms with van der Waals surface area (Å²) in [5.41, 5.74) is -0.336. The van der Waals surface area contributed by atoms with E-state index in [0.717, 1.165) is 0 Å². The van der Waals surface area contributed by atoms with E-state index >= 15 is 0 Å². The minimum atomic E-state index is -3.82. The Morgan fingerprint density at radius 1 is 1.45 bits per heavy atom. The fraction of sp³-hybridized carbons (Fsp3) is 0.462. The van der Waals surface area contributed by atoms with Gasteiger partial charge in [0.1, 0.15) is 4.90 Å². The van der Waals surface area contributed by atoms with E-state index in [2.05, 4.69) is 0 Å². The number of aliphatic carboxylic acids is 1. The molecule has 0 aliphatic carbocycles. The van der Waals surface area contributed by atoms with Crippen molar-refractivity contribution in [1.29, 1.82) is 0 Å². The molecule has 2 rings (SSSR count). The van der Waals surface area contributed by atoms with E-state index in [-0.39, 0.29) is 4.90 Å². The highest BCUT2D eigenvalue weighted by atomic mass is 32.2. The Morgan fingerprint density at radius 3 is 2.60 bits per heavy atom. The Bertz CT molecular complexity index is 629. The largest absolute Gasteiger partial charge is 0.481 e. The van der Waals surface area contributed by atoms with Crippen molar-refractivity contribution in [2.45, 2.75) is 24.7 Å². The maximum Gasteiger partial charge on any atom is 0.311 e. The van der Waals surface area contributed by atoms with Gasteiger partial charge >= 0.3 is 5.97 Å². The minimum absolute atomic E-state index is 0.0392. The van der Waals surface area contributed by atoms with Crippen LogP contribution in [-0.4, -0.2) is 32.6 Å². The van der Waals surface area contributed by atoms with Crippen LogP contribution in [0.25, 0.3) is 0 Å². The maximum absolute atomic E-state index is 11.6. The number of carboxylic acid groups (broad SMARTS) is 1. The highest BCUT2D eigenvalue weighted by Gasteiger charge is 2.44. The lowest BCUT2D eigenvalue weighted by Gasteiger charge is -2.25. The zero-order valence-corrected chi connectivity index (χ0v) is 12.1. The average molecular weight is 298 g/mol. The third-order valence-electron chi connectivity index (χ3n) is 4.00. The van der Waals surface area contributed by atoms with Crippen molar-refractivity contribution in [3.8, 4) is 0 Å². The molecule has 0 aromatic heterocycles. The van der Waals surface area contributed by atoms with E-state index in [1.165, 1.54) is 6.07 Å². The molecular formula is C13H18N2O4S. The van der Waals surface area contributed by atoms with E-state index in [1.807, 2.05) is 6.92 Å². The number of para-hydroxylation sites is 1. The molecule has 20 heavy (non-hydrogen) atoms. The summed E-state index contributed by atoms with van der Waals surface area (Å²) in [6.45, 7) is 2.64. The molecule has 1 aromatic carbocycles. The van der Waals surface area contributed by atoms with Gasteiger partial charge in [0.25, 0.3) is 0 Å². The molecule has 1 aliphatic rings. The number of rotatable bonds is 4. The first-order chi connectivity index (χ1) is 9.30. The number of primary sulfonamides is 1. The van der Waals surface area contributed by atoms with Crippen LogP contribution in [0.15, 0.2) is 29.2 Å². The van der Waals surface area contributed by atoms with Crippen molar-refractivity contribution in [3.63, 3.8) is 0 Å². The monoisotopic (exact) mass is 298 g/mol. The third-order valence-corrected chi connectivity index (χ3v) is 4.95. The Kier molecular flexibility index (Phi) is 3.75. The molecule has 1 heterocycles. The van der Waals surface area contributed by atoms with E-state index in [9.17, 15) is 18.3 Å². The average Bonchev–Trinajstić information content (AvgIpc) is 2.83. The lowest BCUT2D eigenvalue weighted by molar-refractivity contribution is -0.147. The molecule has 1 saturated heterocycles. The predicted octanol–water partition coefficient (Wildman–Crippen LogP) is 1.03. The van der Waals surface area contributed by atoms with Crippen LogP contribution >= 0.6 is 0 Å². The summed E-state index contributed by atoms with van der Waals surface area (Å²) >= 11 is 0. The van der Waals surface area contributed by atoms with Crippen LogP contribution < -0.4 is 10.0 Å². The lowest BCUT2D eigenvalue weighted by Crippen LogP contribution is -2.34. The quantitative estimate of drug-likeness (QED) is 0.864. The van der Waals surface area contributed by atoms with Gasteiger partial charge in [0.2, 0.25) is 10.0 Å². The Hall–Kier alpha value is -1.60. The second-order valence-corrected chi connectivity index (χ2v) is 6.65. The minimum Gasteiger partial charge on any atom is -0.481 e. The number of nitrogens with zero attached hydrogens (tertiary/aromatic N) is 1. The number of carbonyl (C=O) groups is 1. The molecule has 0 spiro atoms. The standard InChI is InChI=1S/C13H18N2O4S/c1-2-13(12(16)17)7-8-15(9-13)10-5-3-4-6-11(10)20(14,18)19/h3-6H,2,7-9H2,1H3,(H,16,17)(H2,14,18,19). The normalized spacial score (nSPS) is 23.0. The van der Waals surface area contributed by atoms with Crippen molar-refractivity contribution in [1.82, 2.24) is 0 Å². The molecule has 7 heteroatoms. The number of sulfonamides is 1. The fourth-order valence-corrected chi connectivity index (χ4v) is 3.41. The predicted molar refractivity (Wildman–Crippen MR) is 75.0 cm³/mol. The molecule has 0 radical (unpaired) electrons. The molecular weight excluding hydrogens is 280 g/mol. The molecule has 3 N–H and O–H groups in total. The summed E-state index contributed by atoms with van der Waals surface area (Å²) < 4.78 is 23.2. The fourth-order valence-electron chi connectivity index (χ4n) is 2.65. The van der Waals surface area contributed by atoms with Crippen LogP contribution in [0.2, 0.25) is 0 Å². The van der Waals surface area contributed by atoms with Crippen molar-refractivity contribution < 1.29 is 18.3 Å². The summed E-state index contributed by atoms with van der Waals surface area (Å²) in [5, 5.41) is 14.6. The van der Waals surface area contributed by atoms with Crippen LogP contribution in [0.4, 0.5) is 5.69 Å². The van der Waals surface area contributed by atoms with Crippen molar-refractivity contribution in [3.05, 3.63) is 24.3 Å². The molecule has 0 bridgehead atoms. The van der Waals surface area contributed by atoms with Gasteiger partial charge in [-0.15, -0.1) is 0 Å². The Labute approximate surface area is 118 Å². The molecule has 0 amide bonds. The number of hydrogen-bond acceptors (Lipinski definition) is 4. The molecule has 1 aliphatic heterocycles. The second-order valence-electron chi connectivity index (χ2n) is 5.12. The molecule has 1 atom stereocenters. The van der Waals surface area contributed by atoms with Crippen LogP contribution in [-0.2, 0) is 14.8 Å². The van der Waals surface area contributed by atoms with Crippen molar-refractivity contribution in [2.24, 2.45) is 10.6 Å². The lowest BCUT2D eigenvalue weighted by atomic mass is 9.84. The van der Waals surface area contributed by atoms with Gasteiger partial charge in [-0.1, -0.05) is 19.1 Å². The van der Waals surface area contributed by atoms with Crippen LogP contribution in [0.3, 0.4) is 0 Å². The molecule has 1 fully saturated rings. The Balaban J connectivity index is 2.39. The summed E-state index contributed by atoms with van der Waals surface area (Å²) in [4.78, 5) is 13.3. The van der Waals surface area contributed by atoms with Crippen molar-refractivity contribution >= 4 is 21.7 Å². The van der Waals surface area contributed by atoms with Crippen LogP contribution in [0, 0.1) is 5.41 Å². The molecule has 0 saturated carbocycles. The number of anilines is 1. The maximum atomic E-state index is 11.6. The van der Waals surface area contributed by atoms with Gasteiger partial charge in [-0.2, -0.15) is 0 Å². The summed E-state index contributed by atoms with van der Waals surface area (Å²) in [6, 6.07) is 6.42. The van der Waals surface area contributed by atoms with Gasteiger partial charge in [-0.3, -0.25) is 4.79 Å². The summed E-state index contributed by atoms with van der Waals surface area (Å²) in [5.74, 6) is -0.837. The van der Waals surface area contributed by atoms with Gasteiger partial charge in [0, 0.05) is 13.1 Å². The number of carboxylic acids is 1. The highest BCUT2D eigenvalue weighted by molar-refractivity contribution is 7.89. The van der Waals surface area contributed by atoms with Crippen molar-refractivity contribution in [2.75, 3.05) is 18.0 Å². The Morgan fingerprint density at radius 2 is 2.10 bits per heavy atom. The first kappa shape index (κ1) is 14.8. The second kappa shape index (κ2) is 5.06. The SMILES string of the molecule is CCC1(C(=O)O)CCN(c2ccccc2S(N)(=O)=O)C1. The zero-order chi connectivity index (χ0) is 15.0. The van der Waals surface area contributed by atoms with E-state index in [1.54, 1.807) is 23.1 Å². The molecule has 1 aromatic rings. The first-order valence-corrected chi connectivity index (χ1v) is 7.95. The van der Waals surface area contributed by atoms with Gasteiger partial charge < -0.3 is 10.0 Å². The van der Waals surface area contributed by atoms with Gasteiger partial charge in [-0.05, 0) is 25.0 Å². The zero-order valence-electron chi connectivity index (χ0n) is 11.2. The van der Waals surface area contributed by atoms with E-state index < -0.39 is 21.4 Å². The molecule has 1 unspecified atom stereocenters. The number of nitrogens with two attached hydrogens (primary N) is 1. The van der Waals surface area contributed by atoms with Crippen LogP contribution in [0.5, 0.6) is 0 Å². The highest BCUT2D eigenvalue weighted by Crippen LogP contribution is 2.38. The topological polar surface area (TPSA) is 101 Å². The smallest absolute Gasteiger partial charge is 0.311 e. The number of hydrogen-bond donors (Lipinski definition) is 2. The third kappa shape index (κ3) is 2.51. The van der Waals surface area contributed by atoms with Crippen LogP contribution in [0.1, 0.15) is 19.8 Å². The summed E-state index contributed by atoms with van der Waals surface area (Å²) in [6.07, 6.45) is 1.01. The summed E-state index contributed by atoms with van der Waals surface area (Å²) in [7, 11) is -3.82.